The third-order valence-corrected chi connectivity index (χ3v) is 19.3. The van der Waals surface area contributed by atoms with E-state index in [1.54, 1.807) is 28.9 Å². The fourth-order valence-corrected chi connectivity index (χ4v) is 14.2. The first-order chi connectivity index (χ1) is 41.5. The molecule has 3 aromatic heterocycles. The number of H-pyrrole nitrogens is 2. The summed E-state index contributed by atoms with van der Waals surface area (Å²) in [6, 6.07) is 17.1. The van der Waals surface area contributed by atoms with Crippen molar-refractivity contribution >= 4 is 29.1 Å². The minimum atomic E-state index is -0.443. The van der Waals surface area contributed by atoms with Crippen molar-refractivity contribution in [2.75, 3.05) is 121 Å². The lowest BCUT2D eigenvalue weighted by Crippen LogP contribution is -2.63. The van der Waals surface area contributed by atoms with Crippen LogP contribution in [0.5, 0.6) is 0 Å². The first-order valence-corrected chi connectivity index (χ1v) is 31.5. The molecule has 4 fully saturated rings. The normalized spacial score (nSPS) is 24.6. The summed E-state index contributed by atoms with van der Waals surface area (Å²) in [5.74, 6) is -0.556. The van der Waals surface area contributed by atoms with Crippen molar-refractivity contribution in [3.63, 3.8) is 0 Å². The van der Waals surface area contributed by atoms with Gasteiger partial charge >= 0.3 is 0 Å². The molecule has 4 N–H and O–H groups in total. The Hall–Kier alpha value is -6.53. The third-order valence-electron chi connectivity index (χ3n) is 19.3. The van der Waals surface area contributed by atoms with Crippen molar-refractivity contribution in [1.82, 2.24) is 65.0 Å². The summed E-state index contributed by atoms with van der Waals surface area (Å²) in [5.41, 5.74) is 5.37. The number of rotatable bonds is 18. The predicted molar refractivity (Wildman–Crippen MR) is 332 cm³/mol. The number of fused-ring (bicyclic) bond motifs is 2. The smallest absolute Gasteiger partial charge is 0.251 e. The second-order valence-corrected chi connectivity index (χ2v) is 27.2. The molecule has 5 aromatic rings. The van der Waals surface area contributed by atoms with Gasteiger partial charge in [0, 0.05) is 200 Å². The summed E-state index contributed by atoms with van der Waals surface area (Å²) in [4.78, 5) is 93.1. The molecule has 6 aliphatic rings. The molecule has 0 spiro atoms. The highest BCUT2D eigenvalue weighted by Crippen LogP contribution is 2.41. The Morgan fingerprint density at radius 3 is 1.56 bits per heavy atom. The van der Waals surface area contributed by atoms with E-state index in [9.17, 15) is 32.8 Å². The molecule has 11 rings (SSSR count). The van der Waals surface area contributed by atoms with Gasteiger partial charge in [0.05, 0.1) is 36.7 Å². The summed E-state index contributed by atoms with van der Waals surface area (Å²) in [5, 5.41) is 16.2. The van der Waals surface area contributed by atoms with Crippen LogP contribution in [0.15, 0.2) is 76.4 Å². The number of pyridine rings is 2. The molecule has 0 saturated carbocycles. The summed E-state index contributed by atoms with van der Waals surface area (Å²) in [7, 11) is 0. The fraction of sp³-hybridized carbons (Fsp3) is 0.585. The van der Waals surface area contributed by atoms with E-state index < -0.39 is 10.8 Å². The molecule has 4 saturated heterocycles. The zero-order chi connectivity index (χ0) is 61.5. The van der Waals surface area contributed by atoms with E-state index >= 15 is 0 Å². The van der Waals surface area contributed by atoms with Crippen LogP contribution in [-0.2, 0) is 51.0 Å². The molecule has 0 radical (unpaired) electrons. The van der Waals surface area contributed by atoms with Crippen LogP contribution in [-0.4, -0.2) is 220 Å². The van der Waals surface area contributed by atoms with Gasteiger partial charge in [-0.1, -0.05) is 57.2 Å². The zero-order valence-electron chi connectivity index (χ0n) is 52.1. The topological polar surface area (TPSA) is 198 Å². The summed E-state index contributed by atoms with van der Waals surface area (Å²) in [6.07, 6.45) is 3.73. The molecule has 6 aliphatic heterocycles. The number of carbonyl (C=O) groups excluding carboxylic acids is 3. The maximum absolute atomic E-state index is 14.4. The molecule has 9 heterocycles. The largest absolute Gasteiger partial charge is 0.340 e. The third kappa shape index (κ3) is 14.3. The van der Waals surface area contributed by atoms with E-state index in [0.29, 0.717) is 75.7 Å². The number of piperazine rings is 4. The van der Waals surface area contributed by atoms with Crippen LogP contribution in [0.1, 0.15) is 101 Å². The number of nitrogens with one attached hydrogen (secondary N) is 4. The maximum Gasteiger partial charge on any atom is 0.251 e. The van der Waals surface area contributed by atoms with E-state index in [1.165, 1.54) is 24.3 Å². The van der Waals surface area contributed by atoms with Gasteiger partial charge in [0.25, 0.3) is 11.1 Å². The molecule has 20 nitrogen and oxygen atoms in total. The average Bonchev–Trinajstić information content (AvgIpc) is 3.88. The second kappa shape index (κ2) is 25.9. The number of halogens is 2. The lowest BCUT2D eigenvalue weighted by atomic mass is 9.91. The second-order valence-electron chi connectivity index (χ2n) is 27.2. The van der Waals surface area contributed by atoms with Gasteiger partial charge in [-0.3, -0.25) is 48.3 Å². The molecule has 0 aliphatic carbocycles. The van der Waals surface area contributed by atoms with Crippen LogP contribution in [0, 0.1) is 11.6 Å². The van der Waals surface area contributed by atoms with Crippen molar-refractivity contribution in [2.24, 2.45) is 0 Å². The van der Waals surface area contributed by atoms with Crippen molar-refractivity contribution in [3.8, 4) is 0 Å². The summed E-state index contributed by atoms with van der Waals surface area (Å²) < 4.78 is 29.1. The molecular formula is C65H89F2N15O5. The van der Waals surface area contributed by atoms with Gasteiger partial charge in [0.15, 0.2) is 0 Å². The van der Waals surface area contributed by atoms with Crippen LogP contribution in [0.25, 0.3) is 0 Å². The number of hydrogen-bond donors (Lipinski definition) is 4. The molecule has 468 valence electrons. The molecule has 22 heteroatoms. The van der Waals surface area contributed by atoms with Crippen LogP contribution < -0.4 is 31.6 Å². The van der Waals surface area contributed by atoms with Crippen LogP contribution in [0.4, 0.5) is 20.2 Å². The molecule has 6 atom stereocenters. The molecule has 2 unspecified atom stereocenters. The number of anilines is 2. The van der Waals surface area contributed by atoms with Gasteiger partial charge in [-0.25, -0.2) is 8.78 Å². The highest BCUT2D eigenvalue weighted by molar-refractivity contribution is 5.98. The first kappa shape index (κ1) is 62.1. The quantitative estimate of drug-likeness (QED) is 0.0995. The SMILES string of the molecule is CC1CN(CCc2cn(CCC(=O)N3CCN(C[C@H]4CN[C@H](C)CN4CC(=O)N4CC(C)(C)c5[nH]c(=O)c(Cc6ccc(F)cc6)cc54)C(C)C3)nn2)CCN1C[C@H]1CN[C@H](C)CN1CC(=O)N1CC(C)(C)c2[nH]c(=O)c(Cc3ccc(F)cc3)cc21. The molecule has 87 heavy (non-hydrogen) atoms. The van der Waals surface area contributed by atoms with Gasteiger partial charge in [0.2, 0.25) is 17.7 Å². The highest BCUT2D eigenvalue weighted by Gasteiger charge is 2.43. The molecule has 0 bridgehead atoms. The monoisotopic (exact) mass is 1200 g/mol. The number of amides is 3. The Morgan fingerprint density at radius 1 is 0.598 bits per heavy atom. The minimum Gasteiger partial charge on any atom is -0.340 e. The zero-order valence-corrected chi connectivity index (χ0v) is 52.1. The van der Waals surface area contributed by atoms with Crippen LogP contribution >= 0.6 is 0 Å². The standard InChI is InChI=1S/C65H89F2N15O5/c1-42-31-78(38-58(84)81-40-64(5,6)60-55(81)27-48(62(86)70-60)25-46-9-13-50(66)14-10-46)53(29-68-42)36-75-22-21-74(33-44(75)3)19-17-52-35-80(73-72-52)20-18-57(83)77-24-23-76(45(4)34-77)37-54-30-69-43(2)32-79(54)39-59(85)82-41-65(7,8)61-56(82)28-49(63(87)71-61)26-47-11-15-51(67)16-12-47/h9-16,27-28,35,42-45,53-54,68-69H,17-26,29-34,36-41H2,1-8H3,(H,70,86)(H,71,87)/t42-,43-,44?,45?,53-,54-/m1/s1. The number of carbonyl (C=O) groups is 3. The van der Waals surface area contributed by atoms with Gasteiger partial charge in [-0.05, 0) is 75.2 Å². The lowest BCUT2D eigenvalue weighted by Gasteiger charge is -2.45. The van der Waals surface area contributed by atoms with Crippen molar-refractivity contribution in [2.45, 2.75) is 135 Å². The Balaban J connectivity index is 0.618. The van der Waals surface area contributed by atoms with E-state index in [4.69, 9.17) is 0 Å². The van der Waals surface area contributed by atoms with E-state index in [1.807, 2.05) is 46.9 Å². The van der Waals surface area contributed by atoms with Gasteiger partial charge in [-0.15, -0.1) is 5.10 Å². The first-order valence-electron chi connectivity index (χ1n) is 31.5. The van der Waals surface area contributed by atoms with Gasteiger partial charge < -0.3 is 40.2 Å². The Labute approximate surface area is 509 Å². The number of aromatic nitrogens is 5. The summed E-state index contributed by atoms with van der Waals surface area (Å²) in [6.45, 7) is 29.0. The maximum atomic E-state index is 14.4. The van der Waals surface area contributed by atoms with Crippen molar-refractivity contribution in [3.05, 3.63) is 139 Å². The van der Waals surface area contributed by atoms with Gasteiger partial charge in [-0.2, -0.15) is 0 Å². The fourth-order valence-electron chi connectivity index (χ4n) is 14.2. The van der Waals surface area contributed by atoms with Crippen molar-refractivity contribution in [1.29, 1.82) is 0 Å². The number of aryl methyl sites for hydroxylation is 1. The molecular weight excluding hydrogens is 1110 g/mol. The van der Waals surface area contributed by atoms with E-state index in [0.717, 1.165) is 111 Å². The molecule has 3 amide bonds. The lowest BCUT2D eigenvalue weighted by molar-refractivity contribution is -0.134. The highest BCUT2D eigenvalue weighted by atomic mass is 19.1. The predicted octanol–water partition coefficient (Wildman–Crippen LogP) is 3.56. The Kier molecular flexibility index (Phi) is 18.5. The summed E-state index contributed by atoms with van der Waals surface area (Å²) >= 11 is 0. The Morgan fingerprint density at radius 2 is 1.08 bits per heavy atom. The number of benzene rings is 2. The Bertz CT molecular complexity index is 3400. The average molecular weight is 1200 g/mol. The number of nitrogens with zero attached hydrogens (tertiary/aromatic N) is 11. The number of aromatic amines is 2. The van der Waals surface area contributed by atoms with Crippen LogP contribution in [0.3, 0.4) is 0 Å². The molecule has 2 aromatic carbocycles. The minimum absolute atomic E-state index is 0.0119. The van der Waals surface area contributed by atoms with E-state index in [-0.39, 0.29) is 83.8 Å². The van der Waals surface area contributed by atoms with E-state index in [2.05, 4.69) is 97.0 Å². The van der Waals surface area contributed by atoms with Gasteiger partial charge in [0.1, 0.15) is 11.6 Å². The van der Waals surface area contributed by atoms with Crippen LogP contribution in [0.2, 0.25) is 0 Å². The van der Waals surface area contributed by atoms with Crippen molar-refractivity contribution < 1.29 is 23.2 Å². The number of hydrogen-bond acceptors (Lipinski definition) is 14.